The first kappa shape index (κ1) is 20.4. The number of nitrogens with zero attached hydrogens (tertiary/aromatic N) is 2. The molecule has 6 nitrogen and oxygen atoms in total. The molecular formula is C24H22N4O2S. The molecule has 0 aliphatic carbocycles. The van der Waals surface area contributed by atoms with E-state index in [1.165, 1.54) is 3.97 Å². The third kappa shape index (κ3) is 4.67. The van der Waals surface area contributed by atoms with Crippen molar-refractivity contribution in [1.82, 2.24) is 8.96 Å². The second kappa shape index (κ2) is 8.89. The number of nitrogen functional groups attached to an aromatic ring is 1. The molecular weight excluding hydrogens is 408 g/mol. The van der Waals surface area contributed by atoms with Crippen LogP contribution in [0.1, 0.15) is 5.56 Å². The molecule has 2 heterocycles. The molecule has 0 aliphatic heterocycles. The van der Waals surface area contributed by atoms with E-state index < -0.39 is 10.0 Å². The van der Waals surface area contributed by atoms with Gasteiger partial charge in [-0.05, 0) is 71.8 Å². The number of aromatic nitrogens is 2. The summed E-state index contributed by atoms with van der Waals surface area (Å²) in [4.78, 5) is 4.24. The van der Waals surface area contributed by atoms with E-state index in [0.717, 1.165) is 22.4 Å². The van der Waals surface area contributed by atoms with Gasteiger partial charge in [-0.1, -0.05) is 30.3 Å². The predicted molar refractivity (Wildman–Crippen MR) is 124 cm³/mol. The molecule has 0 unspecified atom stereocenters. The van der Waals surface area contributed by atoms with Gasteiger partial charge in [-0.15, -0.1) is 0 Å². The summed E-state index contributed by atoms with van der Waals surface area (Å²) in [6, 6.07) is 19.9. The van der Waals surface area contributed by atoms with Crippen molar-refractivity contribution < 1.29 is 8.42 Å². The first-order chi connectivity index (χ1) is 15.0. The Bertz CT molecular complexity index is 1310. The van der Waals surface area contributed by atoms with E-state index in [4.69, 9.17) is 5.73 Å². The van der Waals surface area contributed by atoms with Crippen molar-refractivity contribution in [2.75, 3.05) is 11.1 Å². The van der Waals surface area contributed by atoms with Crippen molar-refractivity contribution in [2.24, 2.45) is 0 Å². The maximum Gasteiger partial charge on any atom is 0.267 e. The highest BCUT2D eigenvalue weighted by atomic mass is 32.2. The van der Waals surface area contributed by atoms with Crippen LogP contribution in [-0.2, 0) is 16.4 Å². The number of pyridine rings is 1. The van der Waals surface area contributed by atoms with Gasteiger partial charge in [-0.25, -0.2) is 12.4 Å². The summed E-state index contributed by atoms with van der Waals surface area (Å²) < 4.78 is 27.4. The Morgan fingerprint density at radius 1 is 0.968 bits per heavy atom. The Morgan fingerprint density at radius 2 is 1.77 bits per heavy atom. The smallest absolute Gasteiger partial charge is 0.267 e. The van der Waals surface area contributed by atoms with Crippen molar-refractivity contribution in [3.05, 3.63) is 109 Å². The summed E-state index contributed by atoms with van der Waals surface area (Å²) >= 11 is 0. The lowest BCUT2D eigenvalue weighted by atomic mass is 10.1. The summed E-state index contributed by atoms with van der Waals surface area (Å²) in [6.45, 7) is 0. The molecule has 4 aromatic rings. The first-order valence-electron chi connectivity index (χ1n) is 9.73. The Kier molecular flexibility index (Phi) is 5.86. The molecule has 0 saturated heterocycles. The molecule has 0 amide bonds. The molecule has 0 aliphatic rings. The quantitative estimate of drug-likeness (QED) is 0.420. The standard InChI is InChI=1S/C24H22N4O2S/c25-23-8-1-2-9-24(23)27-13-4-5-19-12-16-28(18-19)31(29,30)22-7-3-6-21(17-22)20-10-14-26-15-11-20/h1-4,6-18,27H,5,25H2/b13-4+. The molecule has 156 valence electrons. The van der Waals surface area contributed by atoms with Gasteiger partial charge in [-0.3, -0.25) is 4.98 Å². The van der Waals surface area contributed by atoms with Gasteiger partial charge in [0.15, 0.2) is 0 Å². The summed E-state index contributed by atoms with van der Waals surface area (Å²) in [5.74, 6) is 0. The van der Waals surface area contributed by atoms with E-state index in [2.05, 4.69) is 10.3 Å². The molecule has 4 rings (SSSR count). The molecule has 0 saturated carbocycles. The number of nitrogens with two attached hydrogens (primary N) is 1. The van der Waals surface area contributed by atoms with E-state index >= 15 is 0 Å². The van der Waals surface area contributed by atoms with Crippen LogP contribution in [0, 0.1) is 0 Å². The van der Waals surface area contributed by atoms with Crippen molar-refractivity contribution in [2.45, 2.75) is 11.3 Å². The predicted octanol–water partition coefficient (Wildman–Crippen LogP) is 4.54. The topological polar surface area (TPSA) is 90.0 Å². The minimum atomic E-state index is -3.68. The SMILES string of the molecule is Nc1ccccc1N/C=C/Cc1ccn(S(=O)(=O)c2cccc(-c3ccncc3)c2)c1. The van der Waals surface area contributed by atoms with E-state index in [1.54, 1.807) is 55.3 Å². The maximum atomic E-state index is 13.1. The number of allylic oxidation sites excluding steroid dienone is 1. The highest BCUT2D eigenvalue weighted by Crippen LogP contribution is 2.24. The molecule has 0 radical (unpaired) electrons. The van der Waals surface area contributed by atoms with Crippen LogP contribution in [-0.4, -0.2) is 17.4 Å². The molecule has 0 bridgehead atoms. The molecule has 2 aromatic heterocycles. The molecule has 2 aromatic carbocycles. The normalized spacial score (nSPS) is 11.6. The van der Waals surface area contributed by atoms with Crippen molar-refractivity contribution >= 4 is 21.4 Å². The third-order valence-corrected chi connectivity index (χ3v) is 6.45. The largest absolute Gasteiger partial charge is 0.397 e. The summed E-state index contributed by atoms with van der Waals surface area (Å²) in [7, 11) is -3.68. The van der Waals surface area contributed by atoms with Crippen molar-refractivity contribution in [3.8, 4) is 11.1 Å². The van der Waals surface area contributed by atoms with Gasteiger partial charge in [0.25, 0.3) is 10.0 Å². The van der Waals surface area contributed by atoms with Crippen LogP contribution in [0.15, 0.2) is 109 Å². The number of hydrogen-bond donors (Lipinski definition) is 2. The Balaban J connectivity index is 1.48. The number of hydrogen-bond acceptors (Lipinski definition) is 5. The van der Waals surface area contributed by atoms with Crippen LogP contribution in [0.4, 0.5) is 11.4 Å². The summed E-state index contributed by atoms with van der Waals surface area (Å²) in [5, 5.41) is 3.13. The van der Waals surface area contributed by atoms with Crippen LogP contribution in [0.25, 0.3) is 11.1 Å². The van der Waals surface area contributed by atoms with Gasteiger partial charge in [0.2, 0.25) is 0 Å². The maximum absolute atomic E-state index is 13.1. The van der Waals surface area contributed by atoms with Crippen LogP contribution in [0.2, 0.25) is 0 Å². The third-order valence-electron chi connectivity index (χ3n) is 4.82. The molecule has 0 spiro atoms. The van der Waals surface area contributed by atoms with Gasteiger partial charge in [0.05, 0.1) is 16.3 Å². The fraction of sp³-hybridized carbons (Fsp3) is 0.0417. The summed E-state index contributed by atoms with van der Waals surface area (Å²) in [6.07, 6.45) is 10.9. The Hall–Kier alpha value is -3.84. The zero-order valence-electron chi connectivity index (χ0n) is 16.7. The lowest BCUT2D eigenvalue weighted by Gasteiger charge is -2.08. The number of para-hydroxylation sites is 2. The minimum absolute atomic E-state index is 0.237. The number of benzene rings is 2. The first-order valence-corrected chi connectivity index (χ1v) is 11.2. The lowest BCUT2D eigenvalue weighted by Crippen LogP contribution is -2.10. The highest BCUT2D eigenvalue weighted by molar-refractivity contribution is 7.90. The molecule has 3 N–H and O–H groups in total. The Morgan fingerprint density at radius 3 is 2.58 bits per heavy atom. The van der Waals surface area contributed by atoms with Crippen LogP contribution in [0.5, 0.6) is 0 Å². The minimum Gasteiger partial charge on any atom is -0.397 e. The fourth-order valence-corrected chi connectivity index (χ4v) is 4.43. The molecule has 0 fully saturated rings. The Labute approximate surface area is 181 Å². The van der Waals surface area contributed by atoms with E-state index in [9.17, 15) is 8.42 Å². The average molecular weight is 431 g/mol. The van der Waals surface area contributed by atoms with Gasteiger partial charge in [-0.2, -0.15) is 0 Å². The fourth-order valence-electron chi connectivity index (χ4n) is 3.16. The molecule has 31 heavy (non-hydrogen) atoms. The summed E-state index contributed by atoms with van der Waals surface area (Å²) in [5.41, 5.74) is 10.0. The molecule has 7 heteroatoms. The van der Waals surface area contributed by atoms with E-state index in [1.807, 2.05) is 48.5 Å². The zero-order chi connectivity index (χ0) is 21.7. The van der Waals surface area contributed by atoms with Gasteiger partial charge < -0.3 is 11.1 Å². The van der Waals surface area contributed by atoms with Gasteiger partial charge >= 0.3 is 0 Å². The van der Waals surface area contributed by atoms with Crippen LogP contribution in [0.3, 0.4) is 0 Å². The van der Waals surface area contributed by atoms with Crippen molar-refractivity contribution in [1.29, 1.82) is 0 Å². The highest BCUT2D eigenvalue weighted by Gasteiger charge is 2.17. The lowest BCUT2D eigenvalue weighted by molar-refractivity contribution is 0.587. The zero-order valence-corrected chi connectivity index (χ0v) is 17.5. The number of rotatable bonds is 7. The van der Waals surface area contributed by atoms with E-state index in [-0.39, 0.29) is 4.90 Å². The average Bonchev–Trinajstić information content (AvgIpc) is 3.28. The van der Waals surface area contributed by atoms with E-state index in [0.29, 0.717) is 12.1 Å². The second-order valence-corrected chi connectivity index (χ2v) is 8.80. The second-order valence-electron chi connectivity index (χ2n) is 6.96. The number of anilines is 2. The molecule has 0 atom stereocenters. The van der Waals surface area contributed by atoms with Crippen molar-refractivity contribution in [3.63, 3.8) is 0 Å². The monoisotopic (exact) mass is 430 g/mol. The van der Waals surface area contributed by atoms with Crippen LogP contribution >= 0.6 is 0 Å². The van der Waals surface area contributed by atoms with Gasteiger partial charge in [0.1, 0.15) is 0 Å². The van der Waals surface area contributed by atoms with Crippen LogP contribution < -0.4 is 11.1 Å². The number of nitrogens with one attached hydrogen (secondary N) is 1. The van der Waals surface area contributed by atoms with Gasteiger partial charge in [0, 0.05) is 24.8 Å².